The van der Waals surface area contributed by atoms with Crippen molar-refractivity contribution < 1.29 is 34.1 Å². The van der Waals surface area contributed by atoms with Gasteiger partial charge in [-0.3, -0.25) is 24.1 Å². The van der Waals surface area contributed by atoms with Crippen molar-refractivity contribution in [2.75, 3.05) is 19.7 Å². The van der Waals surface area contributed by atoms with Crippen molar-refractivity contribution in [2.24, 2.45) is 39.9 Å². The van der Waals surface area contributed by atoms with Crippen molar-refractivity contribution in [1.82, 2.24) is 4.90 Å². The first-order chi connectivity index (χ1) is 19.8. The molecule has 4 fully saturated rings. The van der Waals surface area contributed by atoms with Crippen LogP contribution in [0.2, 0.25) is 0 Å². The van der Waals surface area contributed by atoms with E-state index in [1.54, 1.807) is 12.2 Å². The molecule has 3 saturated carbocycles. The Hall–Kier alpha value is -3.10. The zero-order chi connectivity index (χ0) is 30.4. The summed E-state index contributed by atoms with van der Waals surface area (Å²) in [5.74, 6) is -0.467. The molecule has 0 spiro atoms. The topological polar surface area (TPSA) is 121 Å². The maximum atomic E-state index is 14.2. The first-order valence-electron chi connectivity index (χ1n) is 15.1. The number of ether oxygens (including phenoxy) is 1. The number of aliphatic carboxylic acids is 1. The van der Waals surface area contributed by atoms with Gasteiger partial charge in [-0.25, -0.2) is 0 Å². The van der Waals surface area contributed by atoms with Gasteiger partial charge in [-0.2, -0.15) is 0 Å². The van der Waals surface area contributed by atoms with Gasteiger partial charge in [0.2, 0.25) is 0 Å². The molecule has 1 saturated heterocycles. The highest BCUT2D eigenvalue weighted by molar-refractivity contribution is 6.01. The third kappa shape index (κ3) is 4.96. The molecule has 2 N–H and O–H groups in total. The highest BCUT2D eigenvalue weighted by atomic mass is 16.5. The van der Waals surface area contributed by atoms with Gasteiger partial charge in [0.1, 0.15) is 0 Å². The van der Waals surface area contributed by atoms with Crippen molar-refractivity contribution in [2.45, 2.75) is 66.0 Å². The molecule has 0 aromatic heterocycles. The molecule has 4 aliphatic carbocycles. The van der Waals surface area contributed by atoms with Crippen molar-refractivity contribution in [3.05, 3.63) is 59.7 Å². The highest BCUT2D eigenvalue weighted by Crippen LogP contribution is 2.72. The van der Waals surface area contributed by atoms with E-state index in [9.17, 15) is 19.5 Å². The van der Waals surface area contributed by atoms with Gasteiger partial charge in [-0.1, -0.05) is 55.8 Å². The lowest BCUT2D eigenvalue weighted by Gasteiger charge is -2.60. The Kier molecular flexibility index (Phi) is 8.09. The van der Waals surface area contributed by atoms with Crippen LogP contribution in [0.4, 0.5) is 0 Å². The number of hydrogen-bond acceptors (Lipinski definition) is 7. The second-order valence-electron chi connectivity index (χ2n) is 13.5. The standard InChI is InChI=1S/C32H39NO5.C2H4O2/c1-20(34)38-18-28(37)32-19-33(16-21-7-5-4-6-8-21)17-23(32)14-26-25-10-9-22-13-24(35)11-12-30(22,2)29(25)27(36)15-31(26,32)3;1-2(3)4/h4-8,11-13,23,25-27,29,36H,9-10,14-19H2,1-3H3;1H3,(H,3,4)/t23-,25-,26-,27-,29+,30-,31-,32-;/m0./s1. The second kappa shape index (κ2) is 11.2. The van der Waals surface area contributed by atoms with E-state index >= 15 is 0 Å². The van der Waals surface area contributed by atoms with Gasteiger partial charge in [-0.15, -0.1) is 0 Å². The Bertz CT molecular complexity index is 1320. The molecule has 5 aliphatic rings. The molecular formula is C34H43NO7. The van der Waals surface area contributed by atoms with Crippen LogP contribution >= 0.6 is 0 Å². The van der Waals surface area contributed by atoms with E-state index in [2.05, 4.69) is 30.9 Å². The molecule has 42 heavy (non-hydrogen) atoms. The van der Waals surface area contributed by atoms with Gasteiger partial charge < -0.3 is 14.9 Å². The maximum Gasteiger partial charge on any atom is 0.303 e. The summed E-state index contributed by atoms with van der Waals surface area (Å²) >= 11 is 0. The summed E-state index contributed by atoms with van der Waals surface area (Å²) in [7, 11) is 0. The number of carbonyl (C=O) groups excluding carboxylic acids is 3. The fourth-order valence-corrected chi connectivity index (χ4v) is 9.76. The number of ketones is 2. The van der Waals surface area contributed by atoms with Crippen molar-refractivity contribution >= 4 is 23.5 Å². The minimum absolute atomic E-state index is 0.00896. The van der Waals surface area contributed by atoms with E-state index in [-0.39, 0.29) is 41.3 Å². The summed E-state index contributed by atoms with van der Waals surface area (Å²) in [4.78, 5) is 49.4. The van der Waals surface area contributed by atoms with Crippen molar-refractivity contribution in [3.63, 3.8) is 0 Å². The lowest BCUT2D eigenvalue weighted by atomic mass is 9.44. The van der Waals surface area contributed by atoms with E-state index < -0.39 is 28.9 Å². The van der Waals surface area contributed by atoms with Crippen LogP contribution in [-0.2, 0) is 30.5 Å². The maximum absolute atomic E-state index is 14.2. The van der Waals surface area contributed by atoms with E-state index in [1.165, 1.54) is 12.5 Å². The minimum Gasteiger partial charge on any atom is -0.481 e. The number of fused-ring (bicyclic) bond motifs is 7. The van der Waals surface area contributed by atoms with Gasteiger partial charge in [0, 0.05) is 44.8 Å². The SMILES string of the molecule is CC(=O)O.CC(=O)OCC(=O)[C@]12CN(Cc3ccccc3)C[C@@H]1C[C@H]1[C@@H]3CCC4=CC(=O)C=C[C@]4(C)[C@H]3[C@@H](O)C[C@@]12C. The van der Waals surface area contributed by atoms with Gasteiger partial charge >= 0.3 is 5.97 Å². The molecule has 6 rings (SSSR count). The molecule has 1 aromatic rings. The number of likely N-dealkylation sites (tertiary alicyclic amines) is 1. The Morgan fingerprint density at radius 2 is 1.81 bits per heavy atom. The summed E-state index contributed by atoms with van der Waals surface area (Å²) < 4.78 is 5.31. The van der Waals surface area contributed by atoms with Crippen LogP contribution in [0, 0.1) is 39.9 Å². The van der Waals surface area contributed by atoms with Gasteiger partial charge in [0.25, 0.3) is 5.97 Å². The van der Waals surface area contributed by atoms with E-state index in [0.29, 0.717) is 18.9 Å². The number of aliphatic hydroxyl groups excluding tert-OH is 1. The third-order valence-corrected chi connectivity index (χ3v) is 11.2. The van der Waals surface area contributed by atoms with Gasteiger partial charge in [0.05, 0.1) is 11.5 Å². The monoisotopic (exact) mass is 577 g/mol. The number of carbonyl (C=O) groups is 4. The zero-order valence-electron chi connectivity index (χ0n) is 25.0. The van der Waals surface area contributed by atoms with Crippen LogP contribution in [0.3, 0.4) is 0 Å². The van der Waals surface area contributed by atoms with Gasteiger partial charge in [0.15, 0.2) is 18.2 Å². The zero-order valence-corrected chi connectivity index (χ0v) is 25.0. The average molecular weight is 578 g/mol. The molecule has 0 amide bonds. The number of allylic oxidation sites excluding steroid dienone is 4. The fraction of sp³-hybridized carbons (Fsp3) is 0.588. The molecule has 8 heteroatoms. The second-order valence-corrected chi connectivity index (χ2v) is 13.5. The molecule has 226 valence electrons. The number of carboxylic acids is 1. The molecular weight excluding hydrogens is 534 g/mol. The van der Waals surface area contributed by atoms with Crippen LogP contribution < -0.4 is 0 Å². The third-order valence-electron chi connectivity index (χ3n) is 11.2. The molecule has 0 unspecified atom stereocenters. The Morgan fingerprint density at radius 3 is 2.48 bits per heavy atom. The summed E-state index contributed by atoms with van der Waals surface area (Å²) in [6.45, 7) is 8.89. The lowest BCUT2D eigenvalue weighted by molar-refractivity contribution is -0.164. The molecule has 8 nitrogen and oxygen atoms in total. The number of hydrogen-bond donors (Lipinski definition) is 2. The first kappa shape index (κ1) is 30.4. The molecule has 8 atom stereocenters. The highest BCUT2D eigenvalue weighted by Gasteiger charge is 2.73. The lowest BCUT2D eigenvalue weighted by Crippen LogP contribution is -2.60. The molecule has 0 radical (unpaired) electrons. The Labute approximate surface area is 247 Å². The molecule has 1 aliphatic heterocycles. The Balaban J connectivity index is 0.000000830. The summed E-state index contributed by atoms with van der Waals surface area (Å²) in [6, 6.07) is 10.3. The predicted octanol–water partition coefficient (Wildman–Crippen LogP) is 4.22. The minimum atomic E-state index is -0.833. The normalized spacial score (nSPS) is 38.2. The number of Topliss-reactive ketones (excluding diaryl/α,β-unsaturated/α-hetero) is 1. The number of aliphatic hydroxyl groups is 1. The summed E-state index contributed by atoms with van der Waals surface area (Å²) in [5.41, 5.74) is 0.972. The van der Waals surface area contributed by atoms with Crippen LogP contribution in [0.25, 0.3) is 0 Å². The van der Waals surface area contributed by atoms with Crippen LogP contribution in [0.15, 0.2) is 54.1 Å². The number of esters is 1. The molecule has 1 heterocycles. The van der Waals surface area contributed by atoms with Crippen molar-refractivity contribution in [1.29, 1.82) is 0 Å². The van der Waals surface area contributed by atoms with E-state index in [1.807, 2.05) is 24.3 Å². The average Bonchev–Trinajstić information content (AvgIpc) is 3.39. The van der Waals surface area contributed by atoms with Crippen LogP contribution in [-0.4, -0.2) is 64.4 Å². The summed E-state index contributed by atoms with van der Waals surface area (Å²) in [5, 5.41) is 19.3. The van der Waals surface area contributed by atoms with Crippen molar-refractivity contribution in [3.8, 4) is 0 Å². The number of nitrogens with zero attached hydrogens (tertiary/aromatic N) is 1. The Morgan fingerprint density at radius 1 is 1.12 bits per heavy atom. The predicted molar refractivity (Wildman–Crippen MR) is 156 cm³/mol. The first-order valence-corrected chi connectivity index (χ1v) is 15.1. The summed E-state index contributed by atoms with van der Waals surface area (Å²) in [6.07, 6.45) is 8.18. The number of benzene rings is 1. The smallest absolute Gasteiger partial charge is 0.303 e. The number of carboxylic acid groups (broad SMARTS) is 1. The largest absolute Gasteiger partial charge is 0.481 e. The van der Waals surface area contributed by atoms with E-state index in [0.717, 1.165) is 44.8 Å². The number of rotatable bonds is 5. The molecule has 0 bridgehead atoms. The molecule has 1 aromatic carbocycles. The van der Waals surface area contributed by atoms with E-state index in [4.69, 9.17) is 14.6 Å². The van der Waals surface area contributed by atoms with Crippen LogP contribution in [0.1, 0.15) is 58.9 Å². The fourth-order valence-electron chi connectivity index (χ4n) is 9.76. The van der Waals surface area contributed by atoms with Crippen LogP contribution in [0.5, 0.6) is 0 Å². The van der Waals surface area contributed by atoms with Gasteiger partial charge in [-0.05, 0) is 66.6 Å². The quantitative estimate of drug-likeness (QED) is 0.499.